The van der Waals surface area contributed by atoms with Gasteiger partial charge in [-0.15, -0.1) is 0 Å². The second-order valence-electron chi connectivity index (χ2n) is 21.6. The molecule has 69 heavy (non-hydrogen) atoms. The number of rotatable bonds is 15. The van der Waals surface area contributed by atoms with Crippen molar-refractivity contribution in [2.24, 2.45) is 5.92 Å². The van der Waals surface area contributed by atoms with Gasteiger partial charge < -0.3 is 44.4 Å². The van der Waals surface area contributed by atoms with Gasteiger partial charge >= 0.3 is 12.2 Å². The number of benzene rings is 3. The van der Waals surface area contributed by atoms with Crippen LogP contribution in [0.15, 0.2) is 83.7 Å². The Morgan fingerprint density at radius 2 is 1.58 bits per heavy atom. The highest BCUT2D eigenvalue weighted by molar-refractivity contribution is 6.74. The first-order chi connectivity index (χ1) is 32.6. The Balaban J connectivity index is 0.947. The van der Waals surface area contributed by atoms with E-state index in [9.17, 15) is 29.1 Å². The molecule has 4 aromatic rings. The summed E-state index contributed by atoms with van der Waals surface area (Å²) in [6.07, 6.45) is 2.12. The van der Waals surface area contributed by atoms with Crippen molar-refractivity contribution in [3.05, 3.63) is 111 Å². The van der Waals surface area contributed by atoms with Crippen LogP contribution in [-0.4, -0.2) is 121 Å². The molecular weight excluding hydrogens is 893 g/mol. The molecule has 0 saturated carbocycles. The number of likely N-dealkylation sites (tertiary alicyclic amines) is 1. The van der Waals surface area contributed by atoms with E-state index in [1.54, 1.807) is 62.1 Å². The summed E-state index contributed by atoms with van der Waals surface area (Å²) in [7, 11) is -2.46. The highest BCUT2D eigenvalue weighted by Crippen LogP contribution is 2.42. The first kappa shape index (κ1) is 51.1. The zero-order valence-electron chi connectivity index (χ0n) is 41.7. The Bertz CT molecular complexity index is 2500. The first-order valence-corrected chi connectivity index (χ1v) is 27.4. The minimum Gasteiger partial charge on any atom is -0.506 e. The predicted molar refractivity (Wildman–Crippen MR) is 269 cm³/mol. The Morgan fingerprint density at radius 3 is 2.20 bits per heavy atom. The molecule has 4 amide bonds. The van der Waals surface area contributed by atoms with Crippen molar-refractivity contribution in [3.8, 4) is 5.75 Å². The molecule has 0 spiro atoms. The van der Waals surface area contributed by atoms with Gasteiger partial charge in [0, 0.05) is 49.7 Å². The number of H-pyrrole nitrogens is 1. The molecule has 4 aliphatic rings. The molecule has 3 aromatic carbocycles. The summed E-state index contributed by atoms with van der Waals surface area (Å²) in [5, 5.41) is 17.4. The summed E-state index contributed by atoms with van der Waals surface area (Å²) >= 11 is 0. The van der Waals surface area contributed by atoms with E-state index in [1.807, 2.05) is 35.2 Å². The molecule has 4 N–H and O–H groups in total. The highest BCUT2D eigenvalue weighted by atomic mass is 28.4. The number of carbonyl (C=O) groups excluding carboxylic acids is 4. The lowest BCUT2D eigenvalue weighted by atomic mass is 9.80. The Hall–Kier alpha value is -5.71. The molecule has 16 heteroatoms. The predicted octanol–water partition coefficient (Wildman–Crippen LogP) is 8.23. The van der Waals surface area contributed by atoms with Crippen LogP contribution in [0, 0.1) is 5.92 Å². The topological polar surface area (TPSA) is 183 Å². The van der Waals surface area contributed by atoms with Crippen LogP contribution in [-0.2, 0) is 30.7 Å². The lowest BCUT2D eigenvalue weighted by Crippen LogP contribution is -2.57. The number of ether oxygens (including phenoxy) is 2. The van der Waals surface area contributed by atoms with Crippen LogP contribution >= 0.6 is 0 Å². The van der Waals surface area contributed by atoms with Gasteiger partial charge in [0.25, 0.3) is 5.91 Å². The van der Waals surface area contributed by atoms with Gasteiger partial charge in [0.15, 0.2) is 8.32 Å². The first-order valence-electron chi connectivity index (χ1n) is 24.5. The Kier molecular flexibility index (Phi) is 15.6. The number of phenolic OH excluding ortho intramolecular Hbond substituents is 1. The number of piperidine rings is 4. The Labute approximate surface area is 407 Å². The number of nitrogens with one attached hydrogen (secondary N) is 3. The summed E-state index contributed by atoms with van der Waals surface area (Å²) in [6.45, 7) is 20.6. The molecule has 5 heterocycles. The van der Waals surface area contributed by atoms with E-state index in [0.717, 1.165) is 43.6 Å². The highest BCUT2D eigenvalue weighted by Gasteiger charge is 2.43. The number of fused-ring (bicyclic) bond motifs is 4. The molecule has 2 bridgehead atoms. The van der Waals surface area contributed by atoms with Gasteiger partial charge in [-0.05, 0) is 131 Å². The third kappa shape index (κ3) is 12.7. The molecule has 8 rings (SSSR count). The second-order valence-corrected chi connectivity index (χ2v) is 26.4. The van der Waals surface area contributed by atoms with E-state index in [4.69, 9.17) is 13.9 Å². The van der Waals surface area contributed by atoms with Crippen LogP contribution in [0.4, 0.5) is 9.59 Å². The van der Waals surface area contributed by atoms with E-state index in [-0.39, 0.29) is 65.8 Å². The number of pyridine rings is 1. The fraction of sp³-hybridized carbons (Fsp3) is 0.528. The van der Waals surface area contributed by atoms with Gasteiger partial charge in [-0.25, -0.2) is 9.59 Å². The molecule has 1 aromatic heterocycles. The van der Waals surface area contributed by atoms with Crippen molar-refractivity contribution in [1.29, 1.82) is 0 Å². The van der Waals surface area contributed by atoms with Crippen LogP contribution in [0.3, 0.4) is 0 Å². The van der Waals surface area contributed by atoms with Crippen molar-refractivity contribution >= 4 is 43.2 Å². The average Bonchev–Trinajstić information content (AvgIpc) is 3.30. The van der Waals surface area contributed by atoms with E-state index >= 15 is 0 Å². The molecule has 372 valence electrons. The van der Waals surface area contributed by atoms with Gasteiger partial charge in [0.1, 0.15) is 17.5 Å². The molecule has 0 aliphatic carbocycles. The number of hydrogen-bond donors (Lipinski definition) is 4. The molecule has 0 radical (unpaired) electrons. The van der Waals surface area contributed by atoms with Crippen LogP contribution < -0.4 is 16.2 Å². The van der Waals surface area contributed by atoms with E-state index in [2.05, 4.69) is 54.4 Å². The van der Waals surface area contributed by atoms with E-state index < -0.39 is 37.7 Å². The maximum Gasteiger partial charge on any atom is 0.410 e. The zero-order valence-corrected chi connectivity index (χ0v) is 42.7. The minimum atomic E-state index is -2.46. The van der Waals surface area contributed by atoms with E-state index in [0.29, 0.717) is 54.8 Å². The molecule has 2 atom stereocenters. The lowest BCUT2D eigenvalue weighted by molar-refractivity contribution is -0.132. The number of aromatic amines is 1. The fourth-order valence-electron chi connectivity index (χ4n) is 9.48. The monoisotopic (exact) mass is 965 g/mol. The number of alkyl carbamates (subject to hydrolysis) is 1. The normalized spacial score (nSPS) is 19.7. The van der Waals surface area contributed by atoms with Gasteiger partial charge in [0.05, 0.1) is 30.1 Å². The number of aromatic hydroxyl groups is 1. The summed E-state index contributed by atoms with van der Waals surface area (Å²) < 4.78 is 18.9. The summed E-state index contributed by atoms with van der Waals surface area (Å²) in [5.41, 5.74) is 1.44. The third-order valence-corrected chi connectivity index (χ3v) is 19.0. The molecular formula is C53H72N6O9Si. The summed E-state index contributed by atoms with van der Waals surface area (Å²) in [6, 6.07) is 23.3. The van der Waals surface area contributed by atoms with Crippen LogP contribution in [0.5, 0.6) is 5.75 Å². The quantitative estimate of drug-likeness (QED) is 0.0669. The summed E-state index contributed by atoms with van der Waals surface area (Å²) in [4.78, 5) is 75.1. The maximum absolute atomic E-state index is 13.9. The number of carbonyl (C=O) groups is 4. The Morgan fingerprint density at radius 1 is 0.899 bits per heavy atom. The number of amides is 4. The largest absolute Gasteiger partial charge is 0.506 e. The van der Waals surface area contributed by atoms with Crippen molar-refractivity contribution in [1.82, 2.24) is 30.3 Å². The fourth-order valence-corrected chi connectivity index (χ4v) is 10.7. The van der Waals surface area contributed by atoms with E-state index in [1.165, 1.54) is 12.1 Å². The molecule has 4 fully saturated rings. The second kappa shape index (κ2) is 21.1. The van der Waals surface area contributed by atoms with Crippen LogP contribution in [0.25, 0.3) is 10.9 Å². The molecule has 4 saturated heterocycles. The smallest absolute Gasteiger partial charge is 0.410 e. The number of nitrogens with zero attached hydrogens (tertiary/aromatic N) is 3. The molecule has 1 unspecified atom stereocenters. The number of aromatic nitrogens is 1. The zero-order chi connectivity index (χ0) is 49.7. The van der Waals surface area contributed by atoms with Gasteiger partial charge in [-0.1, -0.05) is 69.3 Å². The minimum absolute atomic E-state index is 0.0243. The molecule has 4 aliphatic heterocycles. The van der Waals surface area contributed by atoms with Gasteiger partial charge in [-0.3, -0.25) is 19.3 Å². The van der Waals surface area contributed by atoms with Gasteiger partial charge in [-0.2, -0.15) is 0 Å². The third-order valence-electron chi connectivity index (χ3n) is 14.5. The number of hydrogen-bond acceptors (Lipinski definition) is 10. The van der Waals surface area contributed by atoms with Crippen molar-refractivity contribution < 1.29 is 38.2 Å². The number of phenols is 1. The van der Waals surface area contributed by atoms with Crippen molar-refractivity contribution in [2.45, 2.75) is 122 Å². The standard InChI is InChI=1S/C53H72N6O9Si/c1-51(2,3)67-50(65)59(35-44(68-69(7,8)52(4,5)6)40-19-21-42(60)47-41(40)20-22-45(61)55-47)28-12-27-54-48(63)38-17-15-36(16-18-38)33-46(62)58-31-25-53(26-32-58,39-13-10-9-11-14-39)56-49(64)66-43-34-57-29-23-37(43)24-30-57/h9-11,13-22,37,43-44,60H,12,23-35H2,1-8H3,(H,54,63)(H,55,61)(H,56,64)/t43-,44?/m0/s1. The summed E-state index contributed by atoms with van der Waals surface area (Å²) in [5.74, 6) is 0.0247. The maximum atomic E-state index is 13.9. The van der Waals surface area contributed by atoms with Crippen LogP contribution in [0.2, 0.25) is 18.1 Å². The molecule has 15 nitrogen and oxygen atoms in total. The van der Waals surface area contributed by atoms with Crippen LogP contribution in [0.1, 0.15) is 107 Å². The van der Waals surface area contributed by atoms with Gasteiger partial charge in [0.2, 0.25) is 11.5 Å². The SMILES string of the molecule is CC(C)(C)OC(=O)N(CCCNC(=O)c1ccc(CC(=O)N2CCC(NC(=O)O[C@H]3CN4CCC3CC4)(c3ccccc3)CC2)cc1)CC(O[Si](C)(C)C(C)(C)C)c1ccc(O)c2[nH]c(=O)ccc12. The average molecular weight is 965 g/mol. The lowest BCUT2D eigenvalue weighted by Gasteiger charge is -2.45. The van der Waals surface area contributed by atoms with Crippen molar-refractivity contribution in [3.63, 3.8) is 0 Å². The van der Waals surface area contributed by atoms with Crippen molar-refractivity contribution in [2.75, 3.05) is 52.4 Å².